The molecule has 1 aromatic rings. The van der Waals surface area contributed by atoms with Crippen molar-refractivity contribution in [2.45, 2.75) is 69.6 Å². The van der Waals surface area contributed by atoms with Crippen LogP contribution in [0.25, 0.3) is 0 Å². The number of nitrogens with zero attached hydrogens (tertiary/aromatic N) is 1. The van der Waals surface area contributed by atoms with Crippen molar-refractivity contribution < 1.29 is 19.1 Å². The summed E-state index contributed by atoms with van der Waals surface area (Å²) in [5, 5.41) is 9.46. The van der Waals surface area contributed by atoms with Gasteiger partial charge < -0.3 is 25.6 Å². The molecule has 186 valence electrons. The van der Waals surface area contributed by atoms with E-state index < -0.39 is 23.5 Å². The Morgan fingerprint density at radius 2 is 2.00 bits per heavy atom. The number of thioether (sulfide) groups is 1. The van der Waals surface area contributed by atoms with Crippen LogP contribution in [-0.4, -0.2) is 65.5 Å². The SMILES string of the molecule is CNC(C)C(=O)N[C@H]1CCS[C@H]2CC(C)(C)[C@@H](C(=O)N[C@@H]3CCOc4ccc(Cl)cc43)N2C1=O. The van der Waals surface area contributed by atoms with Gasteiger partial charge in [-0.1, -0.05) is 25.4 Å². The summed E-state index contributed by atoms with van der Waals surface area (Å²) in [6.07, 6.45) is 1.88. The second-order valence-corrected chi connectivity index (χ2v) is 11.6. The number of hydrogen-bond acceptors (Lipinski definition) is 6. The third-order valence-corrected chi connectivity index (χ3v) is 8.50. The zero-order valence-electron chi connectivity index (χ0n) is 20.0. The van der Waals surface area contributed by atoms with Crippen molar-refractivity contribution in [2.24, 2.45) is 5.41 Å². The third kappa shape index (κ3) is 4.88. The molecule has 3 N–H and O–H groups in total. The fourth-order valence-electron chi connectivity index (χ4n) is 5.05. The van der Waals surface area contributed by atoms with Crippen LogP contribution >= 0.6 is 23.4 Å². The van der Waals surface area contributed by atoms with Gasteiger partial charge >= 0.3 is 0 Å². The van der Waals surface area contributed by atoms with Gasteiger partial charge in [0.15, 0.2) is 0 Å². The molecule has 4 rings (SSSR count). The van der Waals surface area contributed by atoms with Crippen LogP contribution in [0.1, 0.15) is 51.6 Å². The normalized spacial score (nSPS) is 28.7. The summed E-state index contributed by atoms with van der Waals surface area (Å²) in [5.74, 6) is 0.858. The Balaban J connectivity index is 1.57. The molecule has 0 radical (unpaired) electrons. The lowest BCUT2D eigenvalue weighted by atomic mass is 9.83. The molecular formula is C24H33ClN4O4S. The number of amides is 3. The number of hydrogen-bond donors (Lipinski definition) is 3. The van der Waals surface area contributed by atoms with Gasteiger partial charge in [-0.15, -0.1) is 11.8 Å². The monoisotopic (exact) mass is 508 g/mol. The van der Waals surface area contributed by atoms with E-state index in [0.29, 0.717) is 36.6 Å². The largest absolute Gasteiger partial charge is 0.493 e. The third-order valence-electron chi connectivity index (χ3n) is 7.02. The van der Waals surface area contributed by atoms with E-state index in [-0.39, 0.29) is 29.1 Å². The minimum Gasteiger partial charge on any atom is -0.493 e. The first-order valence-electron chi connectivity index (χ1n) is 11.8. The molecular weight excluding hydrogens is 476 g/mol. The Labute approximate surface area is 209 Å². The minimum absolute atomic E-state index is 0.0988. The molecule has 0 aromatic heterocycles. The van der Waals surface area contributed by atoms with Gasteiger partial charge in [-0.2, -0.15) is 0 Å². The minimum atomic E-state index is -0.646. The van der Waals surface area contributed by atoms with Gasteiger partial charge in [0.2, 0.25) is 17.7 Å². The highest BCUT2D eigenvalue weighted by atomic mass is 35.5. The lowest BCUT2D eigenvalue weighted by Gasteiger charge is -2.36. The summed E-state index contributed by atoms with van der Waals surface area (Å²) in [6, 6.07) is 3.48. The van der Waals surface area contributed by atoms with Crippen molar-refractivity contribution in [3.05, 3.63) is 28.8 Å². The van der Waals surface area contributed by atoms with Gasteiger partial charge in [-0.3, -0.25) is 14.4 Å². The van der Waals surface area contributed by atoms with Crippen molar-refractivity contribution >= 4 is 41.1 Å². The first kappa shape index (κ1) is 25.1. The van der Waals surface area contributed by atoms with Gasteiger partial charge in [-0.05, 0) is 56.2 Å². The Bertz CT molecular complexity index is 974. The maximum Gasteiger partial charge on any atom is 0.246 e. The molecule has 5 atom stereocenters. The number of ether oxygens (including phenoxy) is 1. The van der Waals surface area contributed by atoms with Crippen LogP contribution < -0.4 is 20.7 Å². The van der Waals surface area contributed by atoms with Gasteiger partial charge in [0, 0.05) is 17.0 Å². The average molecular weight is 509 g/mol. The van der Waals surface area contributed by atoms with E-state index in [1.165, 1.54) is 0 Å². The Kier molecular flexibility index (Phi) is 7.36. The number of likely N-dealkylation sites (N-methyl/N-ethyl adjacent to an activating group) is 1. The fourth-order valence-corrected chi connectivity index (χ4v) is 6.80. The number of rotatable bonds is 5. The van der Waals surface area contributed by atoms with Crippen LogP contribution in [0.2, 0.25) is 5.02 Å². The van der Waals surface area contributed by atoms with Crippen LogP contribution in [0.5, 0.6) is 5.75 Å². The van der Waals surface area contributed by atoms with E-state index in [4.69, 9.17) is 16.3 Å². The standard InChI is InChI=1S/C24H33ClN4O4S/c1-13(26-4)21(30)28-17-8-10-34-19-12-24(2,3)20(29(19)23(17)32)22(31)27-16-7-9-33-18-6-5-14(25)11-15(16)18/h5-6,11,13,16-17,19-20,26H,7-10,12H2,1-4H3,(H,27,31)(H,28,30)/t13?,16-,17+,19+,20-/m1/s1. The van der Waals surface area contributed by atoms with E-state index in [2.05, 4.69) is 16.0 Å². The molecule has 0 bridgehead atoms. The zero-order chi connectivity index (χ0) is 24.6. The summed E-state index contributed by atoms with van der Waals surface area (Å²) in [5.41, 5.74) is 0.436. The Morgan fingerprint density at radius 3 is 2.74 bits per heavy atom. The second kappa shape index (κ2) is 9.95. The van der Waals surface area contributed by atoms with Crippen molar-refractivity contribution in [1.82, 2.24) is 20.9 Å². The van der Waals surface area contributed by atoms with Gasteiger partial charge in [0.1, 0.15) is 17.8 Å². The summed E-state index contributed by atoms with van der Waals surface area (Å²) in [7, 11) is 1.70. The first-order chi connectivity index (χ1) is 16.1. The highest BCUT2D eigenvalue weighted by molar-refractivity contribution is 7.99. The smallest absolute Gasteiger partial charge is 0.246 e. The second-order valence-electron chi connectivity index (χ2n) is 9.91. The number of benzene rings is 1. The maximum absolute atomic E-state index is 13.7. The lowest BCUT2D eigenvalue weighted by Crippen LogP contribution is -2.58. The van der Waals surface area contributed by atoms with Crippen molar-refractivity contribution in [2.75, 3.05) is 19.4 Å². The average Bonchev–Trinajstić information content (AvgIpc) is 2.99. The predicted octanol–water partition coefficient (Wildman–Crippen LogP) is 2.46. The number of halogens is 1. The Hall–Kier alpha value is -1.97. The molecule has 10 heteroatoms. The highest BCUT2D eigenvalue weighted by Gasteiger charge is 2.54. The zero-order valence-corrected chi connectivity index (χ0v) is 21.6. The van der Waals surface area contributed by atoms with E-state index >= 15 is 0 Å². The Morgan fingerprint density at radius 1 is 1.24 bits per heavy atom. The van der Waals surface area contributed by atoms with Crippen molar-refractivity contribution in [3.8, 4) is 5.75 Å². The van der Waals surface area contributed by atoms with Crippen LogP contribution in [0.4, 0.5) is 0 Å². The van der Waals surface area contributed by atoms with Crippen LogP contribution in [0.3, 0.4) is 0 Å². The van der Waals surface area contributed by atoms with Crippen molar-refractivity contribution in [3.63, 3.8) is 0 Å². The van der Waals surface area contributed by atoms with E-state index in [9.17, 15) is 14.4 Å². The van der Waals surface area contributed by atoms with Gasteiger partial charge in [-0.25, -0.2) is 0 Å². The maximum atomic E-state index is 13.7. The van der Waals surface area contributed by atoms with Crippen molar-refractivity contribution in [1.29, 1.82) is 0 Å². The lowest BCUT2D eigenvalue weighted by molar-refractivity contribution is -0.144. The topological polar surface area (TPSA) is 99.8 Å². The number of carbonyl (C=O) groups is 3. The molecule has 3 heterocycles. The molecule has 3 aliphatic rings. The first-order valence-corrected chi connectivity index (χ1v) is 13.2. The molecule has 0 spiro atoms. The molecule has 1 unspecified atom stereocenters. The predicted molar refractivity (Wildman–Crippen MR) is 133 cm³/mol. The van der Waals surface area contributed by atoms with E-state index in [1.54, 1.807) is 36.7 Å². The summed E-state index contributed by atoms with van der Waals surface area (Å²) in [4.78, 5) is 41.6. The van der Waals surface area contributed by atoms with Crippen LogP contribution in [0, 0.1) is 5.41 Å². The van der Waals surface area contributed by atoms with Crippen LogP contribution in [0.15, 0.2) is 18.2 Å². The van der Waals surface area contributed by atoms with E-state index in [0.717, 1.165) is 11.3 Å². The van der Waals surface area contributed by atoms with E-state index in [1.807, 2.05) is 26.0 Å². The molecule has 8 nitrogen and oxygen atoms in total. The number of carbonyl (C=O) groups excluding carboxylic acids is 3. The molecule has 34 heavy (non-hydrogen) atoms. The molecule has 2 saturated heterocycles. The molecule has 0 aliphatic carbocycles. The summed E-state index contributed by atoms with van der Waals surface area (Å²) >= 11 is 7.89. The molecule has 3 aliphatic heterocycles. The summed E-state index contributed by atoms with van der Waals surface area (Å²) in [6.45, 7) is 6.31. The van der Waals surface area contributed by atoms with Gasteiger partial charge in [0.05, 0.1) is 24.1 Å². The molecule has 2 fully saturated rings. The van der Waals surface area contributed by atoms with Gasteiger partial charge in [0.25, 0.3) is 0 Å². The fraction of sp³-hybridized carbons (Fsp3) is 0.625. The quantitative estimate of drug-likeness (QED) is 0.565. The number of fused-ring (bicyclic) bond motifs is 2. The molecule has 1 aromatic carbocycles. The molecule has 3 amide bonds. The van der Waals surface area contributed by atoms with Crippen LogP contribution in [-0.2, 0) is 14.4 Å². The highest BCUT2D eigenvalue weighted by Crippen LogP contribution is 2.46. The summed E-state index contributed by atoms with van der Waals surface area (Å²) < 4.78 is 5.73. The number of nitrogens with one attached hydrogen (secondary N) is 3. The molecule has 0 saturated carbocycles.